The first-order chi connectivity index (χ1) is 9.15. The lowest BCUT2D eigenvalue weighted by atomic mass is 9.84. The maximum Gasteiger partial charge on any atom is 0.0602 e. The molecule has 0 aliphatic heterocycles. The van der Waals surface area contributed by atoms with Gasteiger partial charge in [0.2, 0.25) is 0 Å². The van der Waals surface area contributed by atoms with Gasteiger partial charge in [-0.1, -0.05) is 42.6 Å². The highest BCUT2D eigenvalue weighted by Crippen LogP contribution is 2.27. The molecule has 1 atom stereocenters. The topological polar surface area (TPSA) is 40.5 Å². The Bertz CT molecular complexity index is 298. The molecule has 1 fully saturated rings. The molecule has 110 valence electrons. The molecule has 2 heteroatoms. The monoisotopic (exact) mass is 266 g/mol. The normalized spacial score (nSPS) is 20.6. The molecule has 2 nitrogen and oxygen atoms in total. The second-order valence-electron chi connectivity index (χ2n) is 5.91. The van der Waals surface area contributed by atoms with E-state index in [0.717, 1.165) is 19.3 Å². The Kier molecular flexibility index (Phi) is 8.08. The second-order valence-corrected chi connectivity index (χ2v) is 5.91. The van der Waals surface area contributed by atoms with Gasteiger partial charge in [0.25, 0.3) is 0 Å². The summed E-state index contributed by atoms with van der Waals surface area (Å²) in [7, 11) is 0. The number of hydrogen-bond acceptors (Lipinski definition) is 2. The van der Waals surface area contributed by atoms with Crippen LogP contribution in [0, 0.1) is 5.92 Å². The van der Waals surface area contributed by atoms with E-state index in [-0.39, 0.29) is 12.7 Å². The Labute approximate surface area is 118 Å². The van der Waals surface area contributed by atoms with Gasteiger partial charge in [0.15, 0.2) is 0 Å². The first-order valence-electron chi connectivity index (χ1n) is 7.74. The minimum Gasteiger partial charge on any atom is -0.396 e. The predicted molar refractivity (Wildman–Crippen MR) is 81.0 cm³/mol. The summed E-state index contributed by atoms with van der Waals surface area (Å²) in [6.45, 7) is 4.43. The van der Waals surface area contributed by atoms with Crippen LogP contribution in [-0.4, -0.2) is 22.9 Å². The molecule has 0 aromatic rings. The molecular weight excluding hydrogens is 236 g/mol. The number of aliphatic hydroxyl groups excluding tert-OH is 2. The fourth-order valence-electron chi connectivity index (χ4n) is 2.76. The highest BCUT2D eigenvalue weighted by molar-refractivity contribution is 5.13. The first-order valence-corrected chi connectivity index (χ1v) is 7.74. The molecule has 0 heterocycles. The van der Waals surface area contributed by atoms with Gasteiger partial charge in [-0.25, -0.2) is 0 Å². The van der Waals surface area contributed by atoms with Crippen LogP contribution in [0.2, 0.25) is 0 Å². The Balaban J connectivity index is 2.27. The Morgan fingerprint density at radius 1 is 1.11 bits per heavy atom. The van der Waals surface area contributed by atoms with Crippen LogP contribution in [0.5, 0.6) is 0 Å². The van der Waals surface area contributed by atoms with Crippen LogP contribution < -0.4 is 0 Å². The van der Waals surface area contributed by atoms with Gasteiger partial charge >= 0.3 is 0 Å². The van der Waals surface area contributed by atoms with Crippen molar-refractivity contribution in [1.82, 2.24) is 0 Å². The van der Waals surface area contributed by atoms with E-state index in [1.165, 1.54) is 43.3 Å². The van der Waals surface area contributed by atoms with Crippen molar-refractivity contribution in [2.45, 2.75) is 71.3 Å². The molecule has 2 N–H and O–H groups in total. The van der Waals surface area contributed by atoms with Crippen LogP contribution in [-0.2, 0) is 0 Å². The summed E-state index contributed by atoms with van der Waals surface area (Å²) in [5.41, 5.74) is 2.61. The zero-order valence-electron chi connectivity index (χ0n) is 12.6. The summed E-state index contributed by atoms with van der Waals surface area (Å²) in [4.78, 5) is 0. The van der Waals surface area contributed by atoms with E-state index in [9.17, 15) is 5.11 Å². The molecule has 1 aliphatic carbocycles. The molecule has 0 amide bonds. The average Bonchev–Trinajstić information content (AvgIpc) is 2.44. The molecule has 0 radical (unpaired) electrons. The van der Waals surface area contributed by atoms with Gasteiger partial charge in [0.05, 0.1) is 6.10 Å². The Morgan fingerprint density at radius 3 is 2.42 bits per heavy atom. The lowest BCUT2D eigenvalue weighted by molar-refractivity contribution is 0.0873. The molecule has 0 aromatic carbocycles. The van der Waals surface area contributed by atoms with Gasteiger partial charge in [0, 0.05) is 6.61 Å². The fraction of sp³-hybridized carbons (Fsp3) is 0.765. The van der Waals surface area contributed by atoms with E-state index in [2.05, 4.69) is 26.0 Å². The Hall–Kier alpha value is -0.600. The van der Waals surface area contributed by atoms with Gasteiger partial charge < -0.3 is 10.2 Å². The van der Waals surface area contributed by atoms with Gasteiger partial charge in [-0.2, -0.15) is 0 Å². The zero-order valence-corrected chi connectivity index (χ0v) is 12.6. The van der Waals surface area contributed by atoms with Gasteiger partial charge in [0.1, 0.15) is 0 Å². The summed E-state index contributed by atoms with van der Waals surface area (Å²) in [6.07, 6.45) is 12.9. The number of hydrogen-bond donors (Lipinski definition) is 2. The van der Waals surface area contributed by atoms with E-state index in [1.54, 1.807) is 0 Å². The predicted octanol–water partition coefficient (Wildman–Crippen LogP) is 3.98. The van der Waals surface area contributed by atoms with Gasteiger partial charge in [-0.3, -0.25) is 0 Å². The highest BCUT2D eigenvalue weighted by Gasteiger charge is 2.20. The molecule has 1 unspecified atom stereocenters. The summed E-state index contributed by atoms with van der Waals surface area (Å²) in [5.74, 6) is 0.520. The minimum absolute atomic E-state index is 0.153. The second kappa shape index (κ2) is 9.33. The van der Waals surface area contributed by atoms with E-state index in [0.29, 0.717) is 5.92 Å². The molecule has 0 bridgehead atoms. The third kappa shape index (κ3) is 6.40. The van der Waals surface area contributed by atoms with E-state index in [4.69, 9.17) is 5.11 Å². The standard InChI is InChI=1S/C17H30O2/c1-14(15(2)12-13-18)8-6-7-11-17(19)16-9-4-3-5-10-16/h6-7,16-19H,3-5,8-13H2,1-2H3/b7-6+,15-14+. The van der Waals surface area contributed by atoms with Crippen LogP contribution >= 0.6 is 0 Å². The van der Waals surface area contributed by atoms with Crippen molar-refractivity contribution < 1.29 is 10.2 Å². The van der Waals surface area contributed by atoms with E-state index in [1.807, 2.05) is 0 Å². The number of rotatable bonds is 7. The van der Waals surface area contributed by atoms with Crippen LogP contribution in [0.25, 0.3) is 0 Å². The molecular formula is C17H30O2. The number of aliphatic hydroxyl groups is 2. The van der Waals surface area contributed by atoms with Crippen molar-refractivity contribution in [3.05, 3.63) is 23.3 Å². The lowest BCUT2D eigenvalue weighted by Crippen LogP contribution is -2.22. The van der Waals surface area contributed by atoms with Crippen LogP contribution in [0.3, 0.4) is 0 Å². The zero-order chi connectivity index (χ0) is 14.1. The van der Waals surface area contributed by atoms with Crippen molar-refractivity contribution >= 4 is 0 Å². The molecule has 1 aliphatic rings. The van der Waals surface area contributed by atoms with Crippen molar-refractivity contribution in [3.8, 4) is 0 Å². The minimum atomic E-state index is -0.153. The molecule has 1 saturated carbocycles. The highest BCUT2D eigenvalue weighted by atomic mass is 16.3. The molecule has 0 saturated heterocycles. The lowest BCUT2D eigenvalue weighted by Gasteiger charge is -2.25. The average molecular weight is 266 g/mol. The number of allylic oxidation sites excluding steroid dienone is 2. The maximum atomic E-state index is 10.1. The van der Waals surface area contributed by atoms with Crippen molar-refractivity contribution in [1.29, 1.82) is 0 Å². The summed E-state index contributed by atoms with van der Waals surface area (Å²) < 4.78 is 0. The first kappa shape index (κ1) is 16.5. The van der Waals surface area contributed by atoms with Crippen LogP contribution in [0.4, 0.5) is 0 Å². The summed E-state index contributed by atoms with van der Waals surface area (Å²) in [5, 5.41) is 19.0. The van der Waals surface area contributed by atoms with E-state index < -0.39 is 0 Å². The van der Waals surface area contributed by atoms with Crippen LogP contribution in [0.15, 0.2) is 23.3 Å². The van der Waals surface area contributed by atoms with Crippen molar-refractivity contribution in [3.63, 3.8) is 0 Å². The van der Waals surface area contributed by atoms with Crippen LogP contribution in [0.1, 0.15) is 65.2 Å². The maximum absolute atomic E-state index is 10.1. The molecule has 19 heavy (non-hydrogen) atoms. The van der Waals surface area contributed by atoms with Crippen molar-refractivity contribution in [2.75, 3.05) is 6.61 Å². The molecule has 0 spiro atoms. The van der Waals surface area contributed by atoms with E-state index >= 15 is 0 Å². The Morgan fingerprint density at radius 2 is 1.79 bits per heavy atom. The molecule has 1 rings (SSSR count). The third-order valence-corrected chi connectivity index (χ3v) is 4.38. The van der Waals surface area contributed by atoms with Crippen molar-refractivity contribution in [2.24, 2.45) is 5.92 Å². The largest absolute Gasteiger partial charge is 0.396 e. The smallest absolute Gasteiger partial charge is 0.0602 e. The SMILES string of the molecule is C/C(C/C=C/CC(O)C1CCCCC1)=C(/C)CCO. The fourth-order valence-corrected chi connectivity index (χ4v) is 2.76. The summed E-state index contributed by atoms with van der Waals surface area (Å²) >= 11 is 0. The summed E-state index contributed by atoms with van der Waals surface area (Å²) in [6, 6.07) is 0. The van der Waals surface area contributed by atoms with Gasteiger partial charge in [-0.15, -0.1) is 0 Å². The quantitative estimate of drug-likeness (QED) is 0.684. The third-order valence-electron chi connectivity index (χ3n) is 4.38. The van der Waals surface area contributed by atoms with Gasteiger partial charge in [-0.05, 0) is 51.9 Å². The molecule has 0 aromatic heterocycles.